The van der Waals surface area contributed by atoms with Gasteiger partial charge in [-0.15, -0.1) is 0 Å². The van der Waals surface area contributed by atoms with Crippen LogP contribution in [0.25, 0.3) is 0 Å². The highest BCUT2D eigenvalue weighted by Gasteiger charge is 2.22. The van der Waals surface area contributed by atoms with Gasteiger partial charge < -0.3 is 5.32 Å². The van der Waals surface area contributed by atoms with E-state index in [9.17, 15) is 0 Å². The molecule has 4 atom stereocenters. The molecule has 1 aliphatic rings. The average Bonchev–Trinajstić information content (AvgIpc) is 2.53. The second-order valence-corrected chi connectivity index (χ2v) is 6.55. The van der Waals surface area contributed by atoms with Crippen LogP contribution in [0.3, 0.4) is 0 Å². The van der Waals surface area contributed by atoms with Crippen molar-refractivity contribution in [1.82, 2.24) is 5.32 Å². The fourth-order valence-corrected chi connectivity index (χ4v) is 3.05. The molecule has 0 radical (unpaired) electrons. The zero-order valence-corrected chi connectivity index (χ0v) is 12.6. The molecule has 0 aliphatic heterocycles. The van der Waals surface area contributed by atoms with Gasteiger partial charge in [0.1, 0.15) is 0 Å². The van der Waals surface area contributed by atoms with Crippen molar-refractivity contribution in [3.63, 3.8) is 0 Å². The van der Waals surface area contributed by atoms with Crippen molar-refractivity contribution in [2.24, 2.45) is 17.8 Å². The van der Waals surface area contributed by atoms with E-state index >= 15 is 0 Å². The second kappa shape index (κ2) is 7.41. The zero-order valence-electron chi connectivity index (χ0n) is 12.6. The smallest absolute Gasteiger partial charge is 0.00697 e. The van der Waals surface area contributed by atoms with Crippen molar-refractivity contribution in [3.8, 4) is 0 Å². The summed E-state index contributed by atoms with van der Waals surface area (Å²) in [6.45, 7) is 11.8. The summed E-state index contributed by atoms with van der Waals surface area (Å²) in [6.07, 6.45) is 8.38. The molecule has 0 aromatic heterocycles. The Morgan fingerprint density at radius 3 is 2.29 bits per heavy atom. The molecule has 0 heterocycles. The van der Waals surface area contributed by atoms with Gasteiger partial charge >= 0.3 is 0 Å². The van der Waals surface area contributed by atoms with Crippen LogP contribution in [0.2, 0.25) is 0 Å². The van der Waals surface area contributed by atoms with Crippen molar-refractivity contribution >= 4 is 0 Å². The number of rotatable bonds is 5. The summed E-state index contributed by atoms with van der Waals surface area (Å²) >= 11 is 0. The summed E-state index contributed by atoms with van der Waals surface area (Å²) < 4.78 is 0. The molecule has 1 N–H and O–H groups in total. The molecule has 0 amide bonds. The molecule has 0 saturated heterocycles. The Kier molecular flexibility index (Phi) is 6.54. The van der Waals surface area contributed by atoms with Gasteiger partial charge in [0, 0.05) is 12.1 Å². The summed E-state index contributed by atoms with van der Waals surface area (Å²) in [5, 5.41) is 3.87. The van der Waals surface area contributed by atoms with E-state index < -0.39 is 0 Å². The summed E-state index contributed by atoms with van der Waals surface area (Å²) in [5.74, 6) is 2.65. The van der Waals surface area contributed by atoms with Crippen LogP contribution in [0.5, 0.6) is 0 Å². The van der Waals surface area contributed by atoms with Crippen LogP contribution in [-0.2, 0) is 0 Å². The Morgan fingerprint density at radius 2 is 1.71 bits per heavy atom. The fraction of sp³-hybridized carbons (Fsp3) is 1.00. The Morgan fingerprint density at radius 1 is 1.00 bits per heavy atom. The van der Waals surface area contributed by atoms with Crippen LogP contribution in [0, 0.1) is 17.8 Å². The molecule has 0 bridgehead atoms. The zero-order chi connectivity index (χ0) is 12.8. The van der Waals surface area contributed by atoms with Gasteiger partial charge in [-0.3, -0.25) is 0 Å². The van der Waals surface area contributed by atoms with E-state index in [1.165, 1.54) is 38.5 Å². The Balaban J connectivity index is 2.36. The first kappa shape index (κ1) is 15.0. The monoisotopic (exact) mass is 239 g/mol. The highest BCUT2D eigenvalue weighted by Crippen LogP contribution is 2.29. The van der Waals surface area contributed by atoms with Crippen molar-refractivity contribution in [2.45, 2.75) is 85.2 Å². The lowest BCUT2D eigenvalue weighted by molar-refractivity contribution is 0.315. The molecule has 1 aliphatic carbocycles. The highest BCUT2D eigenvalue weighted by atomic mass is 14.9. The van der Waals surface area contributed by atoms with E-state index in [1.54, 1.807) is 0 Å². The van der Waals surface area contributed by atoms with Gasteiger partial charge in [0.05, 0.1) is 0 Å². The lowest BCUT2D eigenvalue weighted by Crippen LogP contribution is -2.39. The van der Waals surface area contributed by atoms with E-state index in [-0.39, 0.29) is 0 Å². The molecular formula is C16H33N. The first-order valence-electron chi connectivity index (χ1n) is 7.80. The minimum absolute atomic E-state index is 0.681. The minimum Gasteiger partial charge on any atom is -0.311 e. The van der Waals surface area contributed by atoms with E-state index in [0.717, 1.165) is 23.8 Å². The Hall–Kier alpha value is -0.0400. The maximum absolute atomic E-state index is 3.87. The predicted octanol–water partition coefficient (Wildman–Crippen LogP) is 4.62. The topological polar surface area (TPSA) is 12.0 Å². The van der Waals surface area contributed by atoms with Gasteiger partial charge in [-0.2, -0.15) is 0 Å². The third-order valence-corrected chi connectivity index (χ3v) is 4.95. The SMILES string of the molecule is CCC(C)C(C)NC1CCCC(C(C)C)CC1. The quantitative estimate of drug-likeness (QED) is 0.691. The third-order valence-electron chi connectivity index (χ3n) is 4.95. The molecule has 0 aromatic rings. The van der Waals surface area contributed by atoms with Gasteiger partial charge in [-0.1, -0.05) is 47.0 Å². The normalized spacial score (nSPS) is 30.0. The van der Waals surface area contributed by atoms with Crippen molar-refractivity contribution in [3.05, 3.63) is 0 Å². The molecule has 1 heteroatoms. The third kappa shape index (κ3) is 4.99. The minimum atomic E-state index is 0.681. The van der Waals surface area contributed by atoms with Crippen molar-refractivity contribution in [1.29, 1.82) is 0 Å². The molecule has 1 nitrogen and oxygen atoms in total. The van der Waals surface area contributed by atoms with Gasteiger partial charge in [-0.05, 0) is 43.9 Å². The number of hydrogen-bond acceptors (Lipinski definition) is 1. The molecule has 4 unspecified atom stereocenters. The van der Waals surface area contributed by atoms with Gasteiger partial charge in [0.25, 0.3) is 0 Å². The first-order valence-corrected chi connectivity index (χ1v) is 7.80. The molecule has 1 rings (SSSR count). The molecule has 0 aromatic carbocycles. The largest absolute Gasteiger partial charge is 0.311 e. The number of hydrogen-bond donors (Lipinski definition) is 1. The highest BCUT2D eigenvalue weighted by molar-refractivity contribution is 4.79. The average molecular weight is 239 g/mol. The molecular weight excluding hydrogens is 206 g/mol. The maximum Gasteiger partial charge on any atom is 0.00697 e. The summed E-state index contributed by atoms with van der Waals surface area (Å²) in [6, 6.07) is 1.46. The molecule has 17 heavy (non-hydrogen) atoms. The van der Waals surface area contributed by atoms with Crippen LogP contribution >= 0.6 is 0 Å². The fourth-order valence-electron chi connectivity index (χ4n) is 3.05. The lowest BCUT2D eigenvalue weighted by Gasteiger charge is -2.26. The van der Waals surface area contributed by atoms with Crippen molar-refractivity contribution in [2.75, 3.05) is 0 Å². The van der Waals surface area contributed by atoms with Gasteiger partial charge in [-0.25, -0.2) is 0 Å². The van der Waals surface area contributed by atoms with E-state index in [1.807, 2.05) is 0 Å². The maximum atomic E-state index is 3.87. The van der Waals surface area contributed by atoms with Crippen LogP contribution in [-0.4, -0.2) is 12.1 Å². The van der Waals surface area contributed by atoms with E-state index in [2.05, 4.69) is 39.9 Å². The van der Waals surface area contributed by atoms with Gasteiger partial charge in [0.15, 0.2) is 0 Å². The molecule has 102 valence electrons. The van der Waals surface area contributed by atoms with E-state index in [0.29, 0.717) is 6.04 Å². The van der Waals surface area contributed by atoms with E-state index in [4.69, 9.17) is 0 Å². The molecule has 1 fully saturated rings. The van der Waals surface area contributed by atoms with Crippen LogP contribution in [0.15, 0.2) is 0 Å². The number of nitrogens with one attached hydrogen (secondary N) is 1. The second-order valence-electron chi connectivity index (χ2n) is 6.55. The first-order chi connectivity index (χ1) is 8.04. The molecule has 0 spiro atoms. The van der Waals surface area contributed by atoms with Crippen molar-refractivity contribution < 1.29 is 0 Å². The predicted molar refractivity (Wildman–Crippen MR) is 77.3 cm³/mol. The standard InChI is InChI=1S/C16H33N/c1-6-13(4)14(5)17-16-9-7-8-15(10-11-16)12(2)3/h12-17H,6-11H2,1-5H3. The van der Waals surface area contributed by atoms with Crippen LogP contribution in [0.4, 0.5) is 0 Å². The van der Waals surface area contributed by atoms with Crippen LogP contribution < -0.4 is 5.32 Å². The summed E-state index contributed by atoms with van der Waals surface area (Å²) in [4.78, 5) is 0. The Bertz CT molecular complexity index is 200. The van der Waals surface area contributed by atoms with Crippen LogP contribution in [0.1, 0.15) is 73.1 Å². The van der Waals surface area contributed by atoms with Gasteiger partial charge in [0.2, 0.25) is 0 Å². The molecule has 1 saturated carbocycles. The lowest BCUT2D eigenvalue weighted by atomic mass is 9.89. The summed E-state index contributed by atoms with van der Waals surface area (Å²) in [7, 11) is 0. The Labute approximate surface area is 109 Å². The summed E-state index contributed by atoms with van der Waals surface area (Å²) in [5.41, 5.74) is 0.